The fourth-order valence-electron chi connectivity index (χ4n) is 4.94. The van der Waals surface area contributed by atoms with Crippen LogP contribution >= 0.6 is 0 Å². The largest absolute Gasteiger partial charge is 0.312 e. The Morgan fingerprint density at radius 3 is 2.72 bits per heavy atom. The van der Waals surface area contributed by atoms with Gasteiger partial charge in [-0.3, -0.25) is 4.79 Å². The SMILES string of the molecule is CCCC(=N)C(C)c1cccc(N2Cc3c(CC)cc(CNCC4CCC4)cc3C2=O)c1. The minimum Gasteiger partial charge on any atom is -0.312 e. The highest BCUT2D eigenvalue weighted by molar-refractivity contribution is 6.10. The number of carbonyl (C=O) groups is 1. The molecule has 0 bridgehead atoms. The number of nitrogens with one attached hydrogen (secondary N) is 2. The molecule has 1 fully saturated rings. The zero-order chi connectivity index (χ0) is 22.7. The van der Waals surface area contributed by atoms with Crippen molar-refractivity contribution < 1.29 is 4.79 Å². The number of aryl methyl sites for hydroxylation is 1. The third-order valence-corrected chi connectivity index (χ3v) is 7.29. The molecule has 2 aliphatic rings. The molecule has 0 saturated heterocycles. The Morgan fingerprint density at radius 2 is 2.03 bits per heavy atom. The normalized spacial score (nSPS) is 16.7. The summed E-state index contributed by atoms with van der Waals surface area (Å²) in [7, 11) is 0. The lowest BCUT2D eigenvalue weighted by atomic mass is 9.85. The summed E-state index contributed by atoms with van der Waals surface area (Å²) >= 11 is 0. The maximum Gasteiger partial charge on any atom is 0.258 e. The molecule has 0 radical (unpaired) electrons. The van der Waals surface area contributed by atoms with Gasteiger partial charge in [0, 0.05) is 29.4 Å². The Balaban J connectivity index is 1.53. The molecule has 1 amide bonds. The number of amides is 1. The number of benzene rings is 2. The van der Waals surface area contributed by atoms with Crippen LogP contribution in [0.25, 0.3) is 0 Å². The van der Waals surface area contributed by atoms with Crippen LogP contribution in [-0.4, -0.2) is 18.2 Å². The van der Waals surface area contributed by atoms with Crippen LogP contribution < -0.4 is 10.2 Å². The van der Waals surface area contributed by atoms with Crippen molar-refractivity contribution in [3.63, 3.8) is 0 Å². The van der Waals surface area contributed by atoms with E-state index in [2.05, 4.69) is 50.4 Å². The van der Waals surface area contributed by atoms with Crippen molar-refractivity contribution in [3.05, 3.63) is 64.2 Å². The van der Waals surface area contributed by atoms with Crippen molar-refractivity contribution in [2.45, 2.75) is 78.3 Å². The van der Waals surface area contributed by atoms with E-state index >= 15 is 0 Å². The van der Waals surface area contributed by atoms with Crippen molar-refractivity contribution in [2.24, 2.45) is 5.92 Å². The van der Waals surface area contributed by atoms with Crippen molar-refractivity contribution in [1.82, 2.24) is 5.32 Å². The molecule has 2 aromatic rings. The molecule has 1 saturated carbocycles. The van der Waals surface area contributed by atoms with Gasteiger partial charge in [0.2, 0.25) is 0 Å². The molecule has 1 heterocycles. The molecular formula is C28H37N3O. The van der Waals surface area contributed by atoms with Crippen LogP contribution in [0.2, 0.25) is 0 Å². The Morgan fingerprint density at radius 1 is 1.22 bits per heavy atom. The van der Waals surface area contributed by atoms with E-state index in [4.69, 9.17) is 5.41 Å². The van der Waals surface area contributed by atoms with E-state index < -0.39 is 0 Å². The third kappa shape index (κ3) is 4.66. The zero-order valence-corrected chi connectivity index (χ0v) is 19.8. The first kappa shape index (κ1) is 22.7. The summed E-state index contributed by atoms with van der Waals surface area (Å²) in [5.41, 5.74) is 7.35. The summed E-state index contributed by atoms with van der Waals surface area (Å²) in [5.74, 6) is 1.01. The van der Waals surface area contributed by atoms with Gasteiger partial charge in [0.05, 0.1) is 6.54 Å². The number of nitrogens with zero attached hydrogens (tertiary/aromatic N) is 1. The molecule has 170 valence electrons. The van der Waals surface area contributed by atoms with Gasteiger partial charge in [0.15, 0.2) is 0 Å². The smallest absolute Gasteiger partial charge is 0.258 e. The molecule has 2 N–H and O–H groups in total. The lowest BCUT2D eigenvalue weighted by molar-refractivity contribution is 0.0996. The highest BCUT2D eigenvalue weighted by Gasteiger charge is 2.31. The van der Waals surface area contributed by atoms with Crippen molar-refractivity contribution in [2.75, 3.05) is 11.4 Å². The van der Waals surface area contributed by atoms with Gasteiger partial charge in [-0.1, -0.05) is 51.8 Å². The van der Waals surface area contributed by atoms with E-state index in [1.807, 2.05) is 17.0 Å². The van der Waals surface area contributed by atoms with Gasteiger partial charge in [0.1, 0.15) is 0 Å². The first-order valence-corrected chi connectivity index (χ1v) is 12.4. The van der Waals surface area contributed by atoms with Crippen molar-refractivity contribution >= 4 is 17.3 Å². The van der Waals surface area contributed by atoms with Gasteiger partial charge in [-0.25, -0.2) is 0 Å². The first-order valence-electron chi connectivity index (χ1n) is 12.4. The molecular weight excluding hydrogens is 394 g/mol. The highest BCUT2D eigenvalue weighted by atomic mass is 16.2. The second kappa shape index (κ2) is 9.99. The van der Waals surface area contributed by atoms with Crippen molar-refractivity contribution in [1.29, 1.82) is 5.41 Å². The molecule has 4 nitrogen and oxygen atoms in total. The van der Waals surface area contributed by atoms with Gasteiger partial charge in [-0.05, 0) is 78.6 Å². The molecule has 4 rings (SSSR count). The van der Waals surface area contributed by atoms with E-state index in [0.29, 0.717) is 6.54 Å². The fraction of sp³-hybridized carbons (Fsp3) is 0.500. The minimum absolute atomic E-state index is 0.0783. The topological polar surface area (TPSA) is 56.2 Å². The molecule has 1 aliphatic carbocycles. The third-order valence-electron chi connectivity index (χ3n) is 7.29. The fourth-order valence-corrected chi connectivity index (χ4v) is 4.94. The predicted molar refractivity (Wildman–Crippen MR) is 133 cm³/mol. The summed E-state index contributed by atoms with van der Waals surface area (Å²) in [6, 6.07) is 12.6. The summed E-state index contributed by atoms with van der Waals surface area (Å²) in [5, 5.41) is 11.9. The van der Waals surface area contributed by atoms with Gasteiger partial charge in [0.25, 0.3) is 5.91 Å². The van der Waals surface area contributed by atoms with Gasteiger partial charge >= 0.3 is 0 Å². The Bertz CT molecular complexity index is 992. The first-order chi connectivity index (χ1) is 15.5. The van der Waals surface area contributed by atoms with E-state index in [1.54, 1.807) is 0 Å². The molecule has 32 heavy (non-hydrogen) atoms. The molecule has 2 aromatic carbocycles. The lowest BCUT2D eigenvalue weighted by Gasteiger charge is -2.25. The molecule has 1 atom stereocenters. The summed E-state index contributed by atoms with van der Waals surface area (Å²) in [4.78, 5) is 15.3. The van der Waals surface area contributed by atoms with E-state index in [1.165, 1.54) is 36.0 Å². The van der Waals surface area contributed by atoms with Crippen LogP contribution in [-0.2, 0) is 19.5 Å². The Labute approximate surface area is 192 Å². The summed E-state index contributed by atoms with van der Waals surface area (Å²) in [6.07, 6.45) is 6.80. The molecule has 1 unspecified atom stereocenters. The maximum atomic E-state index is 13.4. The average Bonchev–Trinajstić information content (AvgIpc) is 3.11. The highest BCUT2D eigenvalue weighted by Crippen LogP contribution is 2.33. The number of rotatable bonds is 10. The quantitative estimate of drug-likeness (QED) is 0.439. The number of fused-ring (bicyclic) bond motifs is 1. The van der Waals surface area contributed by atoms with E-state index in [9.17, 15) is 4.79 Å². The van der Waals surface area contributed by atoms with E-state index in [0.717, 1.165) is 60.8 Å². The molecule has 0 aromatic heterocycles. The average molecular weight is 432 g/mol. The van der Waals surface area contributed by atoms with Gasteiger partial charge in [-0.15, -0.1) is 0 Å². The number of hydrogen-bond acceptors (Lipinski definition) is 3. The van der Waals surface area contributed by atoms with Crippen LogP contribution in [0.4, 0.5) is 5.69 Å². The number of carbonyl (C=O) groups excluding carboxylic acids is 1. The molecule has 0 spiro atoms. The monoisotopic (exact) mass is 431 g/mol. The lowest BCUT2D eigenvalue weighted by Crippen LogP contribution is -2.27. The van der Waals surface area contributed by atoms with Crippen LogP contribution in [0.1, 0.15) is 91.4 Å². The zero-order valence-electron chi connectivity index (χ0n) is 19.8. The molecule has 4 heteroatoms. The minimum atomic E-state index is 0.0783. The van der Waals surface area contributed by atoms with Gasteiger partial charge < -0.3 is 15.6 Å². The Hall–Kier alpha value is -2.46. The predicted octanol–water partition coefficient (Wildman–Crippen LogP) is 6.22. The maximum absolute atomic E-state index is 13.4. The summed E-state index contributed by atoms with van der Waals surface area (Å²) < 4.78 is 0. The Kier molecular flexibility index (Phi) is 7.10. The second-order valence-corrected chi connectivity index (χ2v) is 9.55. The second-order valence-electron chi connectivity index (χ2n) is 9.55. The number of anilines is 1. The van der Waals surface area contributed by atoms with Crippen molar-refractivity contribution in [3.8, 4) is 0 Å². The van der Waals surface area contributed by atoms with Gasteiger partial charge in [-0.2, -0.15) is 0 Å². The van der Waals surface area contributed by atoms with E-state index in [-0.39, 0.29) is 11.8 Å². The standard InChI is InChI=1S/C28H37N3O/c1-4-8-27(29)19(3)23-11-7-12-24(15-23)31-18-26-22(5-2)13-21(14-25(26)28(31)32)17-30-16-20-9-6-10-20/h7,11-15,19-20,29-30H,4-6,8-10,16-18H2,1-3H3. The summed E-state index contributed by atoms with van der Waals surface area (Å²) in [6.45, 7) is 8.93. The van der Waals surface area contributed by atoms with Crippen LogP contribution in [0.5, 0.6) is 0 Å². The number of hydrogen-bond donors (Lipinski definition) is 2. The van der Waals surface area contributed by atoms with Crippen LogP contribution in [0.3, 0.4) is 0 Å². The van der Waals surface area contributed by atoms with Crippen LogP contribution in [0.15, 0.2) is 36.4 Å². The van der Waals surface area contributed by atoms with Crippen LogP contribution in [0, 0.1) is 11.3 Å². The molecule has 1 aliphatic heterocycles.